The van der Waals surface area contributed by atoms with Crippen LogP contribution in [0.2, 0.25) is 0 Å². The van der Waals surface area contributed by atoms with Crippen molar-refractivity contribution in [3.05, 3.63) is 47.5 Å². The third kappa shape index (κ3) is 4.35. The van der Waals surface area contributed by atoms with Crippen LogP contribution in [0.4, 0.5) is 0 Å². The number of carbonyl (C=O) groups is 1. The molecule has 0 aliphatic rings. The van der Waals surface area contributed by atoms with Gasteiger partial charge < -0.3 is 15.6 Å². The SMILES string of the molecule is Cn1cnnc1CCNC(=O)Cc1ccc(C(N)=S)cc1. The van der Waals surface area contributed by atoms with Gasteiger partial charge in [0.2, 0.25) is 5.91 Å². The molecule has 0 unspecified atom stereocenters. The van der Waals surface area contributed by atoms with E-state index in [0.717, 1.165) is 17.0 Å². The average Bonchev–Trinajstić information content (AvgIpc) is 2.85. The summed E-state index contributed by atoms with van der Waals surface area (Å²) in [5.74, 6) is 0.816. The molecule has 2 rings (SSSR count). The van der Waals surface area contributed by atoms with Gasteiger partial charge in [-0.15, -0.1) is 10.2 Å². The van der Waals surface area contributed by atoms with Gasteiger partial charge in [0, 0.05) is 25.6 Å². The Hall–Kier alpha value is -2.28. The van der Waals surface area contributed by atoms with Crippen LogP contribution in [0.25, 0.3) is 0 Å². The van der Waals surface area contributed by atoms with E-state index in [9.17, 15) is 4.79 Å². The summed E-state index contributed by atoms with van der Waals surface area (Å²) in [6.07, 6.45) is 2.62. The summed E-state index contributed by atoms with van der Waals surface area (Å²) in [5.41, 5.74) is 7.25. The van der Waals surface area contributed by atoms with Crippen molar-refractivity contribution < 1.29 is 4.79 Å². The number of carbonyl (C=O) groups excluding carboxylic acids is 1. The average molecular weight is 303 g/mol. The summed E-state index contributed by atoms with van der Waals surface area (Å²) in [7, 11) is 1.88. The van der Waals surface area contributed by atoms with Crippen LogP contribution in [0, 0.1) is 0 Å². The largest absolute Gasteiger partial charge is 0.389 e. The van der Waals surface area contributed by atoms with Gasteiger partial charge in [0.1, 0.15) is 17.1 Å². The van der Waals surface area contributed by atoms with Crippen molar-refractivity contribution in [3.8, 4) is 0 Å². The molecule has 0 saturated heterocycles. The van der Waals surface area contributed by atoms with Crippen LogP contribution >= 0.6 is 12.2 Å². The van der Waals surface area contributed by atoms with Gasteiger partial charge in [-0.3, -0.25) is 4.79 Å². The molecule has 110 valence electrons. The van der Waals surface area contributed by atoms with Crippen molar-refractivity contribution in [2.75, 3.05) is 6.54 Å². The summed E-state index contributed by atoms with van der Waals surface area (Å²) in [6, 6.07) is 7.36. The first-order chi connectivity index (χ1) is 10.1. The van der Waals surface area contributed by atoms with Crippen molar-refractivity contribution in [2.24, 2.45) is 12.8 Å². The van der Waals surface area contributed by atoms with Crippen molar-refractivity contribution >= 4 is 23.1 Å². The van der Waals surface area contributed by atoms with Crippen molar-refractivity contribution in [1.82, 2.24) is 20.1 Å². The molecule has 0 atom stereocenters. The van der Waals surface area contributed by atoms with Crippen LogP contribution in [-0.2, 0) is 24.7 Å². The first-order valence-corrected chi connectivity index (χ1v) is 6.95. The van der Waals surface area contributed by atoms with Crippen LogP contribution in [0.1, 0.15) is 17.0 Å². The van der Waals surface area contributed by atoms with Crippen LogP contribution < -0.4 is 11.1 Å². The first kappa shape index (κ1) is 15.1. The second-order valence-corrected chi connectivity index (χ2v) is 5.14. The van der Waals surface area contributed by atoms with E-state index in [4.69, 9.17) is 18.0 Å². The maximum atomic E-state index is 11.8. The Morgan fingerprint density at radius 2 is 2.10 bits per heavy atom. The molecule has 2 aromatic rings. The standard InChI is InChI=1S/C14H17N5OS/c1-19-9-17-18-12(19)6-7-16-13(20)8-10-2-4-11(5-3-10)14(15)21/h2-5,9H,6-8H2,1H3,(H2,15,21)(H,16,20). The summed E-state index contributed by atoms with van der Waals surface area (Å²) in [6.45, 7) is 0.538. The molecule has 0 aliphatic heterocycles. The number of nitrogens with zero attached hydrogens (tertiary/aromatic N) is 3. The molecule has 1 aromatic heterocycles. The summed E-state index contributed by atoms with van der Waals surface area (Å²) >= 11 is 4.89. The van der Waals surface area contributed by atoms with Crippen LogP contribution in [0.5, 0.6) is 0 Å². The Balaban J connectivity index is 1.79. The summed E-state index contributed by atoms with van der Waals surface area (Å²) in [5, 5.41) is 10.6. The number of rotatable bonds is 6. The zero-order chi connectivity index (χ0) is 15.2. The monoisotopic (exact) mass is 303 g/mol. The molecule has 7 heteroatoms. The number of aryl methyl sites for hydroxylation is 1. The van der Waals surface area contributed by atoms with Gasteiger partial charge in [0.25, 0.3) is 0 Å². The quantitative estimate of drug-likeness (QED) is 0.752. The Morgan fingerprint density at radius 1 is 1.38 bits per heavy atom. The van der Waals surface area contributed by atoms with E-state index in [0.29, 0.717) is 24.4 Å². The highest BCUT2D eigenvalue weighted by molar-refractivity contribution is 7.80. The maximum absolute atomic E-state index is 11.8. The lowest BCUT2D eigenvalue weighted by atomic mass is 10.1. The van der Waals surface area contributed by atoms with Gasteiger partial charge >= 0.3 is 0 Å². The lowest BCUT2D eigenvalue weighted by Gasteiger charge is -2.06. The van der Waals surface area contributed by atoms with Crippen LogP contribution in [0.15, 0.2) is 30.6 Å². The number of aromatic nitrogens is 3. The minimum atomic E-state index is -0.0276. The van der Waals surface area contributed by atoms with Crippen molar-refractivity contribution in [2.45, 2.75) is 12.8 Å². The fourth-order valence-electron chi connectivity index (χ4n) is 1.88. The molecule has 0 aliphatic carbocycles. The molecule has 0 fully saturated rings. The Bertz CT molecular complexity index is 635. The number of nitrogens with two attached hydrogens (primary N) is 1. The molecule has 6 nitrogen and oxygen atoms in total. The van der Waals surface area contributed by atoms with Gasteiger partial charge in [0.05, 0.1) is 6.42 Å². The number of benzene rings is 1. The van der Waals surface area contributed by atoms with E-state index in [1.54, 1.807) is 6.33 Å². The zero-order valence-corrected chi connectivity index (χ0v) is 12.6. The molecular weight excluding hydrogens is 286 g/mol. The molecule has 0 saturated carbocycles. The Morgan fingerprint density at radius 3 is 2.67 bits per heavy atom. The lowest BCUT2D eigenvalue weighted by molar-refractivity contribution is -0.120. The molecule has 3 N–H and O–H groups in total. The molecule has 0 radical (unpaired) electrons. The Labute approximate surface area is 128 Å². The van der Waals surface area contributed by atoms with E-state index in [1.165, 1.54) is 0 Å². The minimum Gasteiger partial charge on any atom is -0.389 e. The predicted molar refractivity (Wildman–Crippen MR) is 83.8 cm³/mol. The zero-order valence-electron chi connectivity index (χ0n) is 11.7. The highest BCUT2D eigenvalue weighted by Gasteiger charge is 2.05. The normalized spacial score (nSPS) is 10.3. The fourth-order valence-corrected chi connectivity index (χ4v) is 2.02. The molecule has 1 aromatic carbocycles. The van der Waals surface area contributed by atoms with E-state index in [1.807, 2.05) is 35.9 Å². The smallest absolute Gasteiger partial charge is 0.224 e. The van der Waals surface area contributed by atoms with E-state index in [2.05, 4.69) is 15.5 Å². The maximum Gasteiger partial charge on any atom is 0.224 e. The second kappa shape index (κ2) is 6.94. The van der Waals surface area contributed by atoms with Crippen molar-refractivity contribution in [1.29, 1.82) is 0 Å². The highest BCUT2D eigenvalue weighted by Crippen LogP contribution is 2.05. The molecule has 0 spiro atoms. The summed E-state index contributed by atoms with van der Waals surface area (Å²) in [4.78, 5) is 12.2. The van der Waals surface area contributed by atoms with E-state index in [-0.39, 0.29) is 5.91 Å². The number of amides is 1. The molecule has 1 amide bonds. The molecule has 21 heavy (non-hydrogen) atoms. The van der Waals surface area contributed by atoms with Crippen LogP contribution in [0.3, 0.4) is 0 Å². The number of nitrogens with one attached hydrogen (secondary N) is 1. The fraction of sp³-hybridized carbons (Fsp3) is 0.286. The topological polar surface area (TPSA) is 85.8 Å². The van der Waals surface area contributed by atoms with Crippen molar-refractivity contribution in [3.63, 3.8) is 0 Å². The second-order valence-electron chi connectivity index (χ2n) is 4.70. The molecular formula is C14H17N5OS. The lowest BCUT2D eigenvalue weighted by Crippen LogP contribution is -2.27. The third-order valence-electron chi connectivity index (χ3n) is 3.08. The molecule has 1 heterocycles. The number of hydrogen-bond donors (Lipinski definition) is 2. The van der Waals surface area contributed by atoms with E-state index < -0.39 is 0 Å². The van der Waals surface area contributed by atoms with Gasteiger partial charge in [-0.1, -0.05) is 36.5 Å². The number of hydrogen-bond acceptors (Lipinski definition) is 4. The van der Waals surface area contributed by atoms with Crippen LogP contribution in [-0.4, -0.2) is 32.2 Å². The van der Waals surface area contributed by atoms with E-state index >= 15 is 0 Å². The Kier molecular flexibility index (Phi) is 4.99. The van der Waals surface area contributed by atoms with Gasteiger partial charge in [0.15, 0.2) is 0 Å². The first-order valence-electron chi connectivity index (χ1n) is 6.54. The molecule has 0 bridgehead atoms. The number of thiocarbonyl (C=S) groups is 1. The van der Waals surface area contributed by atoms with Gasteiger partial charge in [-0.05, 0) is 5.56 Å². The minimum absolute atomic E-state index is 0.0276. The highest BCUT2D eigenvalue weighted by atomic mass is 32.1. The predicted octanol–water partition coefficient (Wildman–Crippen LogP) is 0.351. The third-order valence-corrected chi connectivity index (χ3v) is 3.31. The van der Waals surface area contributed by atoms with Gasteiger partial charge in [-0.25, -0.2) is 0 Å². The summed E-state index contributed by atoms with van der Waals surface area (Å²) < 4.78 is 1.83. The van der Waals surface area contributed by atoms with Gasteiger partial charge in [-0.2, -0.15) is 0 Å².